The van der Waals surface area contributed by atoms with Crippen molar-refractivity contribution in [3.63, 3.8) is 0 Å². The minimum atomic E-state index is 0.163. The van der Waals surface area contributed by atoms with Crippen LogP contribution < -0.4 is 16.4 Å². The molecular formula is C12H23N5S. The van der Waals surface area contributed by atoms with Crippen molar-refractivity contribution in [3.8, 4) is 0 Å². The van der Waals surface area contributed by atoms with Crippen molar-refractivity contribution >= 4 is 29.3 Å². The average Bonchev–Trinajstić information content (AvgIpc) is 2.33. The zero-order valence-corrected chi connectivity index (χ0v) is 12.4. The second-order valence-corrected chi connectivity index (χ2v) is 6.25. The van der Waals surface area contributed by atoms with E-state index in [1.54, 1.807) is 0 Å². The van der Waals surface area contributed by atoms with Crippen molar-refractivity contribution in [1.29, 1.82) is 0 Å². The largest absolute Gasteiger partial charge is 0.370 e. The number of anilines is 3. The summed E-state index contributed by atoms with van der Waals surface area (Å²) in [5.74, 6) is 1.83. The lowest BCUT2D eigenvalue weighted by molar-refractivity contribution is 0.750. The molecule has 1 aromatic heterocycles. The van der Waals surface area contributed by atoms with Crippen molar-refractivity contribution in [2.45, 2.75) is 31.9 Å². The Kier molecular flexibility index (Phi) is 5.53. The average molecular weight is 269 g/mol. The zero-order valence-electron chi connectivity index (χ0n) is 11.6. The highest BCUT2D eigenvalue weighted by molar-refractivity contribution is 7.99. The van der Waals surface area contributed by atoms with Crippen LogP contribution in [0.4, 0.5) is 17.6 Å². The van der Waals surface area contributed by atoms with E-state index in [1.165, 1.54) is 0 Å². The molecule has 0 atom stereocenters. The van der Waals surface area contributed by atoms with E-state index in [0.717, 1.165) is 31.1 Å². The minimum absolute atomic E-state index is 0.163. The molecule has 6 heteroatoms. The van der Waals surface area contributed by atoms with Gasteiger partial charge in [-0.25, -0.2) is 0 Å². The molecule has 0 unspecified atom stereocenters. The number of hydrogen-bond donors (Lipinski definition) is 3. The lowest BCUT2D eigenvalue weighted by atomic mass is 10.2. The molecule has 1 heterocycles. The number of rotatable bonds is 7. The second-order valence-electron chi connectivity index (χ2n) is 4.74. The smallest absolute Gasteiger partial charge is 0.223 e. The van der Waals surface area contributed by atoms with Crippen molar-refractivity contribution in [2.75, 3.05) is 35.7 Å². The van der Waals surface area contributed by atoms with Crippen LogP contribution in [0.15, 0.2) is 6.07 Å². The van der Waals surface area contributed by atoms with Crippen molar-refractivity contribution in [2.24, 2.45) is 0 Å². The van der Waals surface area contributed by atoms with Gasteiger partial charge in [0.2, 0.25) is 5.95 Å². The van der Waals surface area contributed by atoms with E-state index in [9.17, 15) is 0 Å². The first-order valence-corrected chi connectivity index (χ1v) is 7.37. The van der Waals surface area contributed by atoms with Gasteiger partial charge in [-0.15, -0.1) is 0 Å². The summed E-state index contributed by atoms with van der Waals surface area (Å²) < 4.78 is 0.163. The summed E-state index contributed by atoms with van der Waals surface area (Å²) in [6, 6.07) is 1.89. The Balaban J connectivity index is 2.68. The summed E-state index contributed by atoms with van der Waals surface area (Å²) in [5, 5.41) is 6.51. The molecule has 0 aliphatic rings. The second kappa shape index (κ2) is 6.68. The van der Waals surface area contributed by atoms with Gasteiger partial charge in [-0.3, -0.25) is 0 Å². The molecule has 0 amide bonds. The lowest BCUT2D eigenvalue weighted by Crippen LogP contribution is -2.26. The Bertz CT molecular complexity index is 381. The van der Waals surface area contributed by atoms with E-state index in [2.05, 4.69) is 47.6 Å². The molecule has 0 aliphatic carbocycles. The molecule has 0 bridgehead atoms. The van der Waals surface area contributed by atoms with E-state index in [4.69, 9.17) is 5.73 Å². The molecule has 1 rings (SSSR count). The Morgan fingerprint density at radius 2 is 1.89 bits per heavy atom. The first-order chi connectivity index (χ1) is 8.46. The van der Waals surface area contributed by atoms with Crippen LogP contribution in [0.1, 0.15) is 27.2 Å². The Morgan fingerprint density at radius 3 is 2.44 bits per heavy atom. The maximum Gasteiger partial charge on any atom is 0.223 e. The summed E-state index contributed by atoms with van der Waals surface area (Å²) in [5.41, 5.74) is 5.70. The molecule has 0 saturated heterocycles. The minimum Gasteiger partial charge on any atom is -0.370 e. The van der Waals surface area contributed by atoms with E-state index >= 15 is 0 Å². The first-order valence-electron chi connectivity index (χ1n) is 6.14. The maximum absolute atomic E-state index is 5.70. The molecule has 4 N–H and O–H groups in total. The van der Waals surface area contributed by atoms with Crippen molar-refractivity contribution in [3.05, 3.63) is 6.07 Å². The Hall–Kier alpha value is -1.17. The molecule has 102 valence electrons. The number of nitrogens with one attached hydrogen (secondary N) is 2. The predicted molar refractivity (Wildman–Crippen MR) is 81.3 cm³/mol. The summed E-state index contributed by atoms with van der Waals surface area (Å²) >= 11 is 1.82. The van der Waals surface area contributed by atoms with Crippen molar-refractivity contribution < 1.29 is 0 Å². The highest BCUT2D eigenvalue weighted by Gasteiger charge is 2.15. The van der Waals surface area contributed by atoms with Crippen LogP contribution >= 0.6 is 11.8 Å². The lowest BCUT2D eigenvalue weighted by Gasteiger charge is -2.22. The van der Waals surface area contributed by atoms with E-state index in [-0.39, 0.29) is 4.75 Å². The quantitative estimate of drug-likeness (QED) is 0.706. The topological polar surface area (TPSA) is 75.9 Å². The molecule has 1 aromatic rings. The van der Waals surface area contributed by atoms with Gasteiger partial charge in [0.15, 0.2) is 0 Å². The van der Waals surface area contributed by atoms with Gasteiger partial charge in [-0.2, -0.15) is 21.7 Å². The molecular weight excluding hydrogens is 246 g/mol. The third-order valence-electron chi connectivity index (χ3n) is 2.55. The third-order valence-corrected chi connectivity index (χ3v) is 3.80. The van der Waals surface area contributed by atoms with E-state index in [0.29, 0.717) is 5.95 Å². The fourth-order valence-corrected chi connectivity index (χ4v) is 1.49. The van der Waals surface area contributed by atoms with Crippen LogP contribution in [0.3, 0.4) is 0 Å². The molecule has 0 radical (unpaired) electrons. The number of hydrogen-bond acceptors (Lipinski definition) is 6. The first kappa shape index (κ1) is 14.9. The van der Waals surface area contributed by atoms with Gasteiger partial charge in [-0.05, 0) is 26.5 Å². The van der Waals surface area contributed by atoms with Crippen LogP contribution in [0.2, 0.25) is 0 Å². The van der Waals surface area contributed by atoms with Crippen LogP contribution in [0.5, 0.6) is 0 Å². The van der Waals surface area contributed by atoms with Crippen LogP contribution in [0.25, 0.3) is 0 Å². The number of thioether (sulfide) groups is 1. The predicted octanol–water partition coefficient (Wildman–Crippen LogP) is 2.43. The standard InChI is InChI=1S/C12H23N5S/c1-5-6-14-9-7-10(17-11(13)16-9)15-8-12(2,3)18-4/h7H,5-6,8H2,1-4H3,(H4,13,14,15,16,17). The summed E-state index contributed by atoms with van der Waals surface area (Å²) in [6.45, 7) is 8.19. The SMILES string of the molecule is CCCNc1cc(NCC(C)(C)SC)nc(N)n1. The number of nitrogen functional groups attached to an aromatic ring is 1. The molecule has 0 saturated carbocycles. The Morgan fingerprint density at radius 1 is 1.28 bits per heavy atom. The fraction of sp³-hybridized carbons (Fsp3) is 0.667. The third kappa shape index (κ3) is 5.00. The Labute approximate surface area is 113 Å². The van der Waals surface area contributed by atoms with Crippen LogP contribution in [0, 0.1) is 0 Å². The molecule has 0 aliphatic heterocycles. The van der Waals surface area contributed by atoms with E-state index < -0.39 is 0 Å². The van der Waals surface area contributed by atoms with Gasteiger partial charge in [0, 0.05) is 23.9 Å². The molecule has 18 heavy (non-hydrogen) atoms. The highest BCUT2D eigenvalue weighted by Crippen LogP contribution is 2.22. The molecule has 0 fully saturated rings. The molecule has 0 spiro atoms. The fourth-order valence-electron chi connectivity index (χ4n) is 1.28. The molecule has 0 aromatic carbocycles. The number of nitrogens with two attached hydrogens (primary N) is 1. The summed E-state index contributed by atoms with van der Waals surface area (Å²) in [7, 11) is 0. The van der Waals surface area contributed by atoms with Crippen molar-refractivity contribution in [1.82, 2.24) is 9.97 Å². The van der Waals surface area contributed by atoms with Gasteiger partial charge >= 0.3 is 0 Å². The highest BCUT2D eigenvalue weighted by atomic mass is 32.2. The van der Waals surface area contributed by atoms with Gasteiger partial charge in [0.1, 0.15) is 11.6 Å². The van der Waals surface area contributed by atoms with Gasteiger partial charge in [-0.1, -0.05) is 6.92 Å². The van der Waals surface area contributed by atoms with Gasteiger partial charge in [0.05, 0.1) is 0 Å². The normalized spacial score (nSPS) is 11.3. The zero-order chi connectivity index (χ0) is 13.6. The van der Waals surface area contributed by atoms with Crippen LogP contribution in [-0.2, 0) is 0 Å². The summed E-state index contributed by atoms with van der Waals surface area (Å²) in [6.07, 6.45) is 3.15. The summed E-state index contributed by atoms with van der Waals surface area (Å²) in [4.78, 5) is 8.33. The monoisotopic (exact) mass is 269 g/mol. The number of aromatic nitrogens is 2. The number of nitrogens with zero attached hydrogens (tertiary/aromatic N) is 2. The molecule has 5 nitrogen and oxygen atoms in total. The maximum atomic E-state index is 5.70. The van der Waals surface area contributed by atoms with Gasteiger partial charge in [0.25, 0.3) is 0 Å². The van der Waals surface area contributed by atoms with Gasteiger partial charge < -0.3 is 16.4 Å². The van der Waals surface area contributed by atoms with E-state index in [1.807, 2.05) is 17.8 Å². The van der Waals surface area contributed by atoms with Crippen LogP contribution in [-0.4, -0.2) is 34.1 Å².